The number of hydrogen-bond acceptors (Lipinski definition) is 2. The van der Waals surface area contributed by atoms with E-state index in [-0.39, 0.29) is 11.8 Å². The Morgan fingerprint density at radius 2 is 1.90 bits per heavy atom. The number of ether oxygens (including phenoxy) is 1. The largest absolute Gasteiger partial charge is 0.489 e. The average molecular weight is 281 g/mol. The molecule has 1 saturated carbocycles. The lowest BCUT2D eigenvalue weighted by molar-refractivity contribution is -0.122. The Morgan fingerprint density at radius 3 is 2.62 bits per heavy atom. The minimum absolute atomic E-state index is 0.126. The third-order valence-corrected chi connectivity index (χ3v) is 3.83. The Hall–Kier alpha value is -2.29. The molecule has 3 heteroatoms. The van der Waals surface area contributed by atoms with Crippen LogP contribution in [0.25, 0.3) is 0 Å². The van der Waals surface area contributed by atoms with Crippen LogP contribution in [0.4, 0.5) is 5.69 Å². The fraction of sp³-hybridized carbons (Fsp3) is 0.278. The molecular formula is C18H19NO2. The molecule has 3 rings (SSSR count). The molecular weight excluding hydrogens is 262 g/mol. The number of rotatable bonds is 5. The number of hydrogen-bond donors (Lipinski definition) is 1. The lowest BCUT2D eigenvalue weighted by atomic mass is 9.85. The van der Waals surface area contributed by atoms with E-state index in [1.165, 1.54) is 0 Å². The summed E-state index contributed by atoms with van der Waals surface area (Å²) in [4.78, 5) is 11.9. The van der Waals surface area contributed by atoms with Crippen LogP contribution in [-0.4, -0.2) is 5.91 Å². The molecule has 108 valence electrons. The fourth-order valence-electron chi connectivity index (χ4n) is 2.32. The summed E-state index contributed by atoms with van der Waals surface area (Å²) in [5.74, 6) is 1.09. The summed E-state index contributed by atoms with van der Waals surface area (Å²) in [5, 5.41) is 2.96. The summed E-state index contributed by atoms with van der Waals surface area (Å²) >= 11 is 0. The Kier molecular flexibility index (Phi) is 4.20. The first kappa shape index (κ1) is 13.7. The van der Waals surface area contributed by atoms with Gasteiger partial charge in [-0.2, -0.15) is 0 Å². The molecule has 0 atom stereocenters. The minimum Gasteiger partial charge on any atom is -0.489 e. The molecule has 1 N–H and O–H groups in total. The number of anilines is 1. The van der Waals surface area contributed by atoms with Crippen LogP contribution >= 0.6 is 0 Å². The van der Waals surface area contributed by atoms with Crippen LogP contribution in [0.3, 0.4) is 0 Å². The smallest absolute Gasteiger partial charge is 0.227 e. The predicted molar refractivity (Wildman–Crippen MR) is 83.2 cm³/mol. The van der Waals surface area contributed by atoms with Gasteiger partial charge in [0.1, 0.15) is 12.4 Å². The molecule has 0 unspecified atom stereocenters. The third kappa shape index (κ3) is 3.63. The number of benzene rings is 2. The van der Waals surface area contributed by atoms with E-state index in [1.807, 2.05) is 54.6 Å². The van der Waals surface area contributed by atoms with Gasteiger partial charge >= 0.3 is 0 Å². The number of carbonyl (C=O) groups excluding carboxylic acids is 1. The highest BCUT2D eigenvalue weighted by atomic mass is 16.5. The van der Waals surface area contributed by atoms with Gasteiger partial charge in [0.25, 0.3) is 0 Å². The highest BCUT2D eigenvalue weighted by Crippen LogP contribution is 2.28. The second-order valence-corrected chi connectivity index (χ2v) is 5.42. The van der Waals surface area contributed by atoms with Gasteiger partial charge in [-0.15, -0.1) is 0 Å². The van der Waals surface area contributed by atoms with Crippen molar-refractivity contribution in [2.45, 2.75) is 25.9 Å². The van der Waals surface area contributed by atoms with Gasteiger partial charge in [0.05, 0.1) is 0 Å². The first-order valence-corrected chi connectivity index (χ1v) is 7.39. The Morgan fingerprint density at radius 1 is 1.10 bits per heavy atom. The van der Waals surface area contributed by atoms with Crippen molar-refractivity contribution >= 4 is 11.6 Å². The van der Waals surface area contributed by atoms with Crippen LogP contribution in [0.1, 0.15) is 24.8 Å². The standard InChI is InChI=1S/C18H19NO2/c20-18(15-8-4-9-15)19-16-10-5-11-17(12-16)21-13-14-6-2-1-3-7-14/h1-3,5-7,10-12,15H,4,8-9,13H2,(H,19,20). The van der Waals surface area contributed by atoms with Crippen molar-refractivity contribution in [3.8, 4) is 5.75 Å². The zero-order valence-corrected chi connectivity index (χ0v) is 11.9. The maximum atomic E-state index is 11.9. The molecule has 0 aromatic heterocycles. The van der Waals surface area contributed by atoms with E-state index < -0.39 is 0 Å². The Bertz CT molecular complexity index is 606. The zero-order valence-electron chi connectivity index (χ0n) is 11.9. The Balaban J connectivity index is 1.59. The summed E-state index contributed by atoms with van der Waals surface area (Å²) < 4.78 is 5.76. The first-order valence-electron chi connectivity index (χ1n) is 7.39. The summed E-state index contributed by atoms with van der Waals surface area (Å²) in [5.41, 5.74) is 1.93. The summed E-state index contributed by atoms with van der Waals surface area (Å²) in [6.07, 6.45) is 3.18. The highest BCUT2D eigenvalue weighted by molar-refractivity contribution is 5.93. The monoisotopic (exact) mass is 281 g/mol. The molecule has 2 aromatic rings. The van der Waals surface area contributed by atoms with Crippen molar-refractivity contribution in [2.24, 2.45) is 5.92 Å². The second kappa shape index (κ2) is 6.44. The SMILES string of the molecule is O=C(Nc1cccc(OCc2ccccc2)c1)C1CCC1. The van der Waals surface area contributed by atoms with Crippen LogP contribution in [0.2, 0.25) is 0 Å². The zero-order chi connectivity index (χ0) is 14.5. The molecule has 0 bridgehead atoms. The lowest BCUT2D eigenvalue weighted by Gasteiger charge is -2.24. The maximum absolute atomic E-state index is 11.9. The number of carbonyl (C=O) groups is 1. The Labute approximate surface area is 124 Å². The summed E-state index contributed by atoms with van der Waals surface area (Å²) in [6.45, 7) is 0.529. The van der Waals surface area contributed by atoms with Gasteiger partial charge in [-0.1, -0.05) is 42.8 Å². The summed E-state index contributed by atoms with van der Waals surface area (Å²) in [7, 11) is 0. The molecule has 2 aromatic carbocycles. The van der Waals surface area contributed by atoms with Crippen molar-refractivity contribution in [1.29, 1.82) is 0 Å². The molecule has 3 nitrogen and oxygen atoms in total. The van der Waals surface area contributed by atoms with Crippen LogP contribution in [0.15, 0.2) is 54.6 Å². The molecule has 1 aliphatic rings. The lowest BCUT2D eigenvalue weighted by Crippen LogP contribution is -2.27. The molecule has 0 saturated heterocycles. The van der Waals surface area contributed by atoms with E-state index in [4.69, 9.17) is 4.74 Å². The van der Waals surface area contributed by atoms with Gasteiger partial charge in [-0.3, -0.25) is 4.79 Å². The van der Waals surface area contributed by atoms with Crippen molar-refractivity contribution in [2.75, 3.05) is 5.32 Å². The van der Waals surface area contributed by atoms with Crippen LogP contribution < -0.4 is 10.1 Å². The maximum Gasteiger partial charge on any atom is 0.227 e. The van der Waals surface area contributed by atoms with Gasteiger partial charge in [0.15, 0.2) is 0 Å². The molecule has 0 radical (unpaired) electrons. The van der Waals surface area contributed by atoms with E-state index in [1.54, 1.807) is 0 Å². The van der Waals surface area contributed by atoms with E-state index in [9.17, 15) is 4.79 Å². The van der Waals surface area contributed by atoms with Gasteiger partial charge in [-0.25, -0.2) is 0 Å². The van der Waals surface area contributed by atoms with Crippen LogP contribution in [0, 0.1) is 5.92 Å². The van der Waals surface area contributed by atoms with Crippen molar-refractivity contribution in [3.05, 3.63) is 60.2 Å². The predicted octanol–water partition coefficient (Wildman–Crippen LogP) is 4.00. The molecule has 1 aliphatic carbocycles. The molecule has 21 heavy (non-hydrogen) atoms. The van der Waals surface area contributed by atoms with Gasteiger partial charge in [-0.05, 0) is 30.5 Å². The van der Waals surface area contributed by atoms with Crippen molar-refractivity contribution < 1.29 is 9.53 Å². The fourth-order valence-corrected chi connectivity index (χ4v) is 2.32. The third-order valence-electron chi connectivity index (χ3n) is 3.83. The van der Waals surface area contributed by atoms with Crippen LogP contribution in [0.5, 0.6) is 5.75 Å². The quantitative estimate of drug-likeness (QED) is 0.899. The molecule has 1 fully saturated rings. The normalized spacial score (nSPS) is 14.3. The van der Waals surface area contributed by atoms with Crippen LogP contribution in [-0.2, 0) is 11.4 Å². The molecule has 0 aliphatic heterocycles. The second-order valence-electron chi connectivity index (χ2n) is 5.42. The average Bonchev–Trinajstić information content (AvgIpc) is 2.45. The van der Waals surface area contributed by atoms with E-state index in [0.717, 1.165) is 36.3 Å². The summed E-state index contributed by atoms with van der Waals surface area (Å²) in [6, 6.07) is 17.6. The topological polar surface area (TPSA) is 38.3 Å². The van der Waals surface area contributed by atoms with E-state index in [0.29, 0.717) is 6.61 Å². The van der Waals surface area contributed by atoms with Gasteiger partial charge in [0, 0.05) is 17.7 Å². The number of amides is 1. The van der Waals surface area contributed by atoms with Gasteiger partial charge < -0.3 is 10.1 Å². The molecule has 0 heterocycles. The minimum atomic E-state index is 0.126. The molecule has 1 amide bonds. The molecule has 0 spiro atoms. The van der Waals surface area contributed by atoms with E-state index >= 15 is 0 Å². The van der Waals surface area contributed by atoms with Crippen molar-refractivity contribution in [3.63, 3.8) is 0 Å². The van der Waals surface area contributed by atoms with Gasteiger partial charge in [0.2, 0.25) is 5.91 Å². The highest BCUT2D eigenvalue weighted by Gasteiger charge is 2.25. The number of nitrogens with one attached hydrogen (secondary N) is 1. The van der Waals surface area contributed by atoms with Crippen molar-refractivity contribution in [1.82, 2.24) is 0 Å². The first-order chi connectivity index (χ1) is 10.3. The van der Waals surface area contributed by atoms with E-state index in [2.05, 4.69) is 5.32 Å².